The predicted octanol–water partition coefficient (Wildman–Crippen LogP) is 2.16. The van der Waals surface area contributed by atoms with E-state index in [2.05, 4.69) is 9.97 Å². The van der Waals surface area contributed by atoms with Gasteiger partial charge in [-0.1, -0.05) is 0 Å². The van der Waals surface area contributed by atoms with Gasteiger partial charge in [0.1, 0.15) is 0 Å². The summed E-state index contributed by atoms with van der Waals surface area (Å²) in [4.78, 5) is 7.99. The first-order valence-corrected chi connectivity index (χ1v) is 4.93. The van der Waals surface area contributed by atoms with E-state index in [1.807, 2.05) is 5.38 Å². The number of H-pyrrole nitrogens is 1. The van der Waals surface area contributed by atoms with Crippen molar-refractivity contribution >= 4 is 11.3 Å². The van der Waals surface area contributed by atoms with Crippen LogP contribution in [0.1, 0.15) is 0 Å². The first-order chi connectivity index (χ1) is 6.86. The fourth-order valence-corrected chi connectivity index (χ4v) is 2.19. The summed E-state index contributed by atoms with van der Waals surface area (Å²) >= 11 is 1.56. The number of thiophene rings is 1. The monoisotopic (exact) mass is 210 g/mol. The van der Waals surface area contributed by atoms with Gasteiger partial charge in [0.2, 0.25) is 0 Å². The maximum absolute atomic E-state index is 5.27. The molecule has 0 amide bonds. The normalized spacial score (nSPS) is 10.1. The van der Waals surface area contributed by atoms with Gasteiger partial charge < -0.3 is 14.5 Å². The smallest absolute Gasteiger partial charge is 0.181 e. The van der Waals surface area contributed by atoms with Gasteiger partial charge in [-0.2, -0.15) is 0 Å². The van der Waals surface area contributed by atoms with Crippen molar-refractivity contribution in [3.05, 3.63) is 17.9 Å². The lowest BCUT2D eigenvalue weighted by Crippen LogP contribution is -1.87. The minimum atomic E-state index is 0.752. The first kappa shape index (κ1) is 9.08. The maximum Gasteiger partial charge on any atom is 0.181 e. The van der Waals surface area contributed by atoms with E-state index < -0.39 is 0 Å². The summed E-state index contributed by atoms with van der Waals surface area (Å²) in [5.74, 6) is 1.50. The Bertz CT molecular complexity index is 408. The van der Waals surface area contributed by atoms with Crippen LogP contribution in [-0.4, -0.2) is 24.2 Å². The average molecular weight is 210 g/mol. The molecule has 1 N–H and O–H groups in total. The molecule has 0 fully saturated rings. The van der Waals surface area contributed by atoms with Crippen LogP contribution in [0, 0.1) is 0 Å². The van der Waals surface area contributed by atoms with Gasteiger partial charge in [-0.05, 0) is 0 Å². The summed E-state index contributed by atoms with van der Waals surface area (Å²) in [6, 6.07) is 0. The number of aromatic nitrogens is 2. The molecule has 0 saturated heterocycles. The third kappa shape index (κ3) is 1.35. The molecule has 0 spiro atoms. The first-order valence-electron chi connectivity index (χ1n) is 4.05. The van der Waals surface area contributed by atoms with Crippen molar-refractivity contribution in [1.82, 2.24) is 9.97 Å². The zero-order valence-electron chi connectivity index (χ0n) is 7.90. The van der Waals surface area contributed by atoms with Crippen LogP contribution in [0.15, 0.2) is 17.9 Å². The van der Waals surface area contributed by atoms with Crippen LogP contribution in [0.25, 0.3) is 10.6 Å². The molecule has 0 radical (unpaired) electrons. The average Bonchev–Trinajstić information content (AvgIpc) is 2.85. The van der Waals surface area contributed by atoms with Gasteiger partial charge >= 0.3 is 0 Å². The molecule has 4 nitrogen and oxygen atoms in total. The second kappa shape index (κ2) is 3.71. The zero-order chi connectivity index (χ0) is 9.97. The van der Waals surface area contributed by atoms with Gasteiger partial charge in [0.15, 0.2) is 11.5 Å². The Morgan fingerprint density at radius 2 is 2.21 bits per heavy atom. The molecule has 5 heteroatoms. The molecule has 0 aliphatic rings. The lowest BCUT2D eigenvalue weighted by atomic mass is 10.3. The molecule has 0 aliphatic heterocycles. The highest BCUT2D eigenvalue weighted by molar-refractivity contribution is 7.14. The second-order valence-electron chi connectivity index (χ2n) is 2.63. The highest BCUT2D eigenvalue weighted by Gasteiger charge is 2.15. The van der Waals surface area contributed by atoms with Crippen molar-refractivity contribution in [3.8, 4) is 22.1 Å². The van der Waals surface area contributed by atoms with Gasteiger partial charge in [0.05, 0.1) is 37.3 Å². The van der Waals surface area contributed by atoms with Crippen LogP contribution in [0.3, 0.4) is 0 Å². The molecule has 0 atom stereocenters. The number of imidazole rings is 1. The van der Waals surface area contributed by atoms with Gasteiger partial charge in [0.25, 0.3) is 0 Å². The highest BCUT2D eigenvalue weighted by Crippen LogP contribution is 2.42. The Morgan fingerprint density at radius 1 is 1.36 bits per heavy atom. The highest BCUT2D eigenvalue weighted by atomic mass is 32.1. The molecule has 2 aromatic heterocycles. The molecule has 2 aromatic rings. The second-order valence-corrected chi connectivity index (χ2v) is 3.51. The largest absolute Gasteiger partial charge is 0.492 e. The van der Waals surface area contributed by atoms with Gasteiger partial charge in [0, 0.05) is 5.38 Å². The van der Waals surface area contributed by atoms with E-state index in [0.29, 0.717) is 0 Å². The number of hydrogen-bond acceptors (Lipinski definition) is 4. The van der Waals surface area contributed by atoms with Crippen LogP contribution in [0.4, 0.5) is 0 Å². The van der Waals surface area contributed by atoms with Crippen LogP contribution in [0.2, 0.25) is 0 Å². The number of aromatic amines is 1. The summed E-state index contributed by atoms with van der Waals surface area (Å²) in [5, 5.41) is 1.91. The van der Waals surface area contributed by atoms with E-state index in [1.54, 1.807) is 38.1 Å². The molecule has 0 saturated carbocycles. The summed E-state index contributed by atoms with van der Waals surface area (Å²) in [7, 11) is 3.26. The summed E-state index contributed by atoms with van der Waals surface area (Å²) in [6.45, 7) is 0. The molecular formula is C9H10N2O2S. The van der Waals surface area contributed by atoms with Crippen molar-refractivity contribution in [2.24, 2.45) is 0 Å². The SMILES string of the molecule is COc1csc(-c2cnc[nH]2)c1OC. The Kier molecular flexibility index (Phi) is 2.41. The lowest BCUT2D eigenvalue weighted by Gasteiger charge is -2.02. The van der Waals surface area contributed by atoms with E-state index in [9.17, 15) is 0 Å². The minimum absolute atomic E-state index is 0.752. The third-order valence-electron chi connectivity index (χ3n) is 1.88. The molecule has 14 heavy (non-hydrogen) atoms. The van der Waals surface area contributed by atoms with Crippen LogP contribution < -0.4 is 9.47 Å². The fourth-order valence-electron chi connectivity index (χ4n) is 1.23. The zero-order valence-corrected chi connectivity index (χ0v) is 8.72. The summed E-state index contributed by atoms with van der Waals surface area (Å²) in [6.07, 6.45) is 3.40. The molecule has 0 aromatic carbocycles. The summed E-state index contributed by atoms with van der Waals surface area (Å²) < 4.78 is 10.4. The fraction of sp³-hybridized carbons (Fsp3) is 0.222. The van der Waals surface area contributed by atoms with Gasteiger partial charge in [-0.25, -0.2) is 4.98 Å². The Labute approximate surface area is 85.5 Å². The standard InChI is InChI=1S/C9H10N2O2S/c1-12-7-4-14-9(8(7)13-2)6-3-10-5-11-6/h3-5H,1-2H3,(H,10,11). The van der Waals surface area contributed by atoms with Crippen molar-refractivity contribution in [2.45, 2.75) is 0 Å². The number of methoxy groups -OCH3 is 2. The quantitative estimate of drug-likeness (QED) is 0.844. The Morgan fingerprint density at radius 3 is 2.79 bits per heavy atom. The Hall–Kier alpha value is -1.49. The molecular weight excluding hydrogens is 200 g/mol. The molecule has 0 aliphatic carbocycles. The van der Waals surface area contributed by atoms with Gasteiger partial charge in [-0.15, -0.1) is 11.3 Å². The molecule has 2 heterocycles. The van der Waals surface area contributed by atoms with Crippen molar-refractivity contribution in [2.75, 3.05) is 14.2 Å². The number of nitrogens with one attached hydrogen (secondary N) is 1. The van der Waals surface area contributed by atoms with Crippen molar-refractivity contribution < 1.29 is 9.47 Å². The third-order valence-corrected chi connectivity index (χ3v) is 2.85. The van der Waals surface area contributed by atoms with Crippen molar-refractivity contribution in [3.63, 3.8) is 0 Å². The van der Waals surface area contributed by atoms with E-state index in [1.165, 1.54) is 0 Å². The molecule has 0 unspecified atom stereocenters. The molecule has 74 valence electrons. The van der Waals surface area contributed by atoms with Crippen molar-refractivity contribution in [1.29, 1.82) is 0 Å². The molecule has 0 bridgehead atoms. The molecule has 2 rings (SSSR count). The minimum Gasteiger partial charge on any atom is -0.492 e. The lowest BCUT2D eigenvalue weighted by molar-refractivity contribution is 0.359. The van der Waals surface area contributed by atoms with E-state index in [-0.39, 0.29) is 0 Å². The maximum atomic E-state index is 5.27. The van der Waals surface area contributed by atoms with E-state index >= 15 is 0 Å². The number of rotatable bonds is 3. The van der Waals surface area contributed by atoms with E-state index in [4.69, 9.17) is 9.47 Å². The predicted molar refractivity (Wildman–Crippen MR) is 55.0 cm³/mol. The number of nitrogens with zero attached hydrogens (tertiary/aromatic N) is 1. The number of hydrogen-bond donors (Lipinski definition) is 1. The summed E-state index contributed by atoms with van der Waals surface area (Å²) in [5.41, 5.74) is 0.940. The number of ether oxygens (including phenoxy) is 2. The van der Waals surface area contributed by atoms with Crippen LogP contribution >= 0.6 is 11.3 Å². The topological polar surface area (TPSA) is 47.1 Å². The van der Waals surface area contributed by atoms with Crippen LogP contribution in [0.5, 0.6) is 11.5 Å². The van der Waals surface area contributed by atoms with E-state index in [0.717, 1.165) is 22.1 Å². The van der Waals surface area contributed by atoms with Gasteiger partial charge in [-0.3, -0.25) is 0 Å². The van der Waals surface area contributed by atoms with Crippen LogP contribution in [-0.2, 0) is 0 Å². The Balaban J connectivity index is 2.48.